The number of anilines is 1. The zero-order valence-electron chi connectivity index (χ0n) is 11.6. The van der Waals surface area contributed by atoms with Crippen LogP contribution in [0.25, 0.3) is 0 Å². The minimum atomic E-state index is -4.68. The second-order valence-corrected chi connectivity index (χ2v) is 4.64. The highest BCUT2D eigenvalue weighted by Gasteiger charge is 2.30. The Bertz CT molecular complexity index is 578. The topological polar surface area (TPSA) is 52.0 Å². The second kappa shape index (κ2) is 6.02. The summed E-state index contributed by atoms with van der Waals surface area (Å²) in [5.41, 5.74) is 0.669. The third-order valence-electron chi connectivity index (χ3n) is 2.67. The Balaban J connectivity index is 1.96. The van der Waals surface area contributed by atoms with Gasteiger partial charge in [-0.05, 0) is 38.1 Å². The molecule has 1 aromatic carbocycles. The number of nitrogens with one attached hydrogen (secondary N) is 1. The van der Waals surface area contributed by atoms with E-state index in [0.29, 0.717) is 12.2 Å². The molecule has 1 aromatic heterocycles. The van der Waals surface area contributed by atoms with Gasteiger partial charge in [-0.3, -0.25) is 0 Å². The summed E-state index contributed by atoms with van der Waals surface area (Å²) in [5, 5.41) is 7.18. The molecule has 2 aromatic rings. The zero-order chi connectivity index (χ0) is 15.5. The van der Waals surface area contributed by atoms with Crippen molar-refractivity contribution >= 4 is 5.69 Å². The number of aromatic nitrogens is 3. The molecule has 0 spiro atoms. The van der Waals surface area contributed by atoms with Crippen LogP contribution in [0.4, 0.5) is 18.9 Å². The van der Waals surface area contributed by atoms with E-state index < -0.39 is 6.36 Å². The maximum Gasteiger partial charge on any atom is 0.573 e. The molecule has 0 fully saturated rings. The number of halogens is 3. The van der Waals surface area contributed by atoms with Gasteiger partial charge in [-0.2, -0.15) is 5.10 Å². The number of hydrogen-bond acceptors (Lipinski definition) is 4. The maximum absolute atomic E-state index is 12.0. The van der Waals surface area contributed by atoms with E-state index in [-0.39, 0.29) is 11.8 Å². The van der Waals surface area contributed by atoms with Crippen LogP contribution in [0.3, 0.4) is 0 Å². The third-order valence-corrected chi connectivity index (χ3v) is 2.67. The van der Waals surface area contributed by atoms with E-state index in [0.717, 1.165) is 5.82 Å². The average molecular weight is 300 g/mol. The molecule has 114 valence electrons. The summed E-state index contributed by atoms with van der Waals surface area (Å²) < 4.78 is 41.7. The van der Waals surface area contributed by atoms with Crippen LogP contribution in [-0.2, 0) is 6.54 Å². The predicted molar refractivity (Wildman–Crippen MR) is 70.9 cm³/mol. The van der Waals surface area contributed by atoms with Crippen LogP contribution in [0.5, 0.6) is 5.75 Å². The highest BCUT2D eigenvalue weighted by atomic mass is 19.4. The number of hydrogen-bond donors (Lipinski definition) is 1. The van der Waals surface area contributed by atoms with Crippen molar-refractivity contribution in [2.24, 2.45) is 0 Å². The molecule has 8 heteroatoms. The van der Waals surface area contributed by atoms with E-state index in [2.05, 4.69) is 20.1 Å². The Hall–Kier alpha value is -2.25. The molecule has 21 heavy (non-hydrogen) atoms. The van der Waals surface area contributed by atoms with Crippen molar-refractivity contribution in [3.63, 3.8) is 0 Å². The molecule has 1 N–H and O–H groups in total. The molecular formula is C13H15F3N4O. The lowest BCUT2D eigenvalue weighted by atomic mass is 10.3. The lowest BCUT2D eigenvalue weighted by Gasteiger charge is -2.12. The number of benzene rings is 1. The normalized spacial score (nSPS) is 11.7. The monoisotopic (exact) mass is 300 g/mol. The van der Waals surface area contributed by atoms with Gasteiger partial charge in [0.05, 0.1) is 6.54 Å². The fourth-order valence-corrected chi connectivity index (χ4v) is 1.79. The van der Waals surface area contributed by atoms with Crippen LogP contribution in [0.2, 0.25) is 0 Å². The molecule has 0 radical (unpaired) electrons. The van der Waals surface area contributed by atoms with Crippen LogP contribution < -0.4 is 10.1 Å². The van der Waals surface area contributed by atoms with Gasteiger partial charge in [-0.25, -0.2) is 9.67 Å². The Labute approximate surface area is 119 Å². The molecule has 2 rings (SSSR count). The van der Waals surface area contributed by atoms with Gasteiger partial charge in [0, 0.05) is 11.7 Å². The van der Waals surface area contributed by atoms with E-state index in [1.54, 1.807) is 4.68 Å². The van der Waals surface area contributed by atoms with Crippen LogP contribution in [0.1, 0.15) is 25.7 Å². The molecule has 0 saturated heterocycles. The Morgan fingerprint density at radius 2 is 1.90 bits per heavy atom. The smallest absolute Gasteiger partial charge is 0.406 e. The van der Waals surface area contributed by atoms with E-state index in [9.17, 15) is 13.2 Å². The summed E-state index contributed by atoms with van der Waals surface area (Å²) in [4.78, 5) is 4.13. The lowest BCUT2D eigenvalue weighted by Crippen LogP contribution is -2.17. The van der Waals surface area contributed by atoms with Crippen LogP contribution >= 0.6 is 0 Å². The summed E-state index contributed by atoms with van der Waals surface area (Å²) >= 11 is 0. The van der Waals surface area contributed by atoms with E-state index >= 15 is 0 Å². The summed E-state index contributed by atoms with van der Waals surface area (Å²) in [6.45, 7) is 4.40. The fourth-order valence-electron chi connectivity index (χ4n) is 1.79. The molecule has 5 nitrogen and oxygen atoms in total. The first-order valence-electron chi connectivity index (χ1n) is 6.33. The van der Waals surface area contributed by atoms with Crippen LogP contribution in [0.15, 0.2) is 30.6 Å². The van der Waals surface area contributed by atoms with Gasteiger partial charge in [0.2, 0.25) is 0 Å². The fraction of sp³-hybridized carbons (Fsp3) is 0.385. The molecule has 0 aliphatic rings. The number of ether oxygens (including phenoxy) is 1. The molecule has 0 bridgehead atoms. The third kappa shape index (κ3) is 4.37. The quantitative estimate of drug-likeness (QED) is 0.920. The lowest BCUT2D eigenvalue weighted by molar-refractivity contribution is -0.274. The Kier molecular flexibility index (Phi) is 4.35. The van der Waals surface area contributed by atoms with Crippen molar-refractivity contribution in [1.82, 2.24) is 14.8 Å². The van der Waals surface area contributed by atoms with Gasteiger partial charge in [0.15, 0.2) is 0 Å². The largest absolute Gasteiger partial charge is 0.573 e. The summed E-state index contributed by atoms with van der Waals surface area (Å²) in [6.07, 6.45) is -3.21. The van der Waals surface area contributed by atoms with Crippen molar-refractivity contribution in [3.05, 3.63) is 36.4 Å². The van der Waals surface area contributed by atoms with Gasteiger partial charge in [-0.1, -0.05) is 0 Å². The van der Waals surface area contributed by atoms with E-state index in [4.69, 9.17) is 0 Å². The summed E-state index contributed by atoms with van der Waals surface area (Å²) in [6, 6.07) is 5.71. The maximum atomic E-state index is 12.0. The SMILES string of the molecule is CC(C)n1ncnc1CNc1ccc(OC(F)(F)F)cc1. The van der Waals surface area contributed by atoms with Gasteiger partial charge in [0.1, 0.15) is 17.9 Å². The zero-order valence-corrected chi connectivity index (χ0v) is 11.6. The molecule has 0 aliphatic carbocycles. The molecule has 0 unspecified atom stereocenters. The first kappa shape index (κ1) is 15.1. The van der Waals surface area contributed by atoms with E-state index in [1.165, 1.54) is 30.6 Å². The molecule has 0 saturated carbocycles. The van der Waals surface area contributed by atoms with Crippen molar-refractivity contribution in [3.8, 4) is 5.75 Å². The van der Waals surface area contributed by atoms with Gasteiger partial charge in [-0.15, -0.1) is 13.2 Å². The second-order valence-electron chi connectivity index (χ2n) is 4.64. The summed E-state index contributed by atoms with van der Waals surface area (Å²) in [7, 11) is 0. The van der Waals surface area contributed by atoms with Crippen molar-refractivity contribution in [2.45, 2.75) is 32.8 Å². The van der Waals surface area contributed by atoms with Gasteiger partial charge >= 0.3 is 6.36 Å². The minimum Gasteiger partial charge on any atom is -0.406 e. The standard InChI is InChI=1S/C13H15F3N4O/c1-9(2)20-12(18-8-19-20)7-17-10-3-5-11(6-4-10)21-13(14,15)16/h3-6,8-9,17H,7H2,1-2H3. The van der Waals surface area contributed by atoms with Crippen LogP contribution in [0, 0.1) is 0 Å². The first-order chi connectivity index (χ1) is 9.85. The van der Waals surface area contributed by atoms with Crippen molar-refractivity contribution in [2.75, 3.05) is 5.32 Å². The Morgan fingerprint density at radius 1 is 1.24 bits per heavy atom. The van der Waals surface area contributed by atoms with Crippen molar-refractivity contribution < 1.29 is 17.9 Å². The molecule has 0 atom stereocenters. The molecule has 0 amide bonds. The number of nitrogens with zero attached hydrogens (tertiary/aromatic N) is 3. The Morgan fingerprint density at radius 3 is 2.48 bits per heavy atom. The van der Waals surface area contributed by atoms with Gasteiger partial charge < -0.3 is 10.1 Å². The highest BCUT2D eigenvalue weighted by Crippen LogP contribution is 2.24. The summed E-state index contributed by atoms with van der Waals surface area (Å²) in [5.74, 6) is 0.499. The number of rotatable bonds is 5. The highest BCUT2D eigenvalue weighted by molar-refractivity contribution is 5.46. The van der Waals surface area contributed by atoms with Crippen molar-refractivity contribution in [1.29, 1.82) is 0 Å². The molecule has 1 heterocycles. The van der Waals surface area contributed by atoms with Gasteiger partial charge in [0.25, 0.3) is 0 Å². The van der Waals surface area contributed by atoms with E-state index in [1.807, 2.05) is 13.8 Å². The number of alkyl halides is 3. The molecule has 0 aliphatic heterocycles. The predicted octanol–water partition coefficient (Wildman–Crippen LogP) is 3.37. The van der Waals surface area contributed by atoms with Crippen LogP contribution in [-0.4, -0.2) is 21.1 Å². The molecular weight excluding hydrogens is 285 g/mol. The first-order valence-corrected chi connectivity index (χ1v) is 6.33. The average Bonchev–Trinajstić information content (AvgIpc) is 2.84. The minimum absolute atomic E-state index is 0.187.